The van der Waals surface area contributed by atoms with Gasteiger partial charge in [0.2, 0.25) is 5.43 Å². The molecule has 4 nitrogen and oxygen atoms in total. The van der Waals surface area contributed by atoms with Crippen LogP contribution in [-0.2, 0) is 4.74 Å². The molecule has 1 aromatic heterocycles. The van der Waals surface area contributed by atoms with Crippen LogP contribution in [0.15, 0.2) is 49.3 Å². The van der Waals surface area contributed by atoms with Crippen LogP contribution in [0.3, 0.4) is 0 Å². The Balaban J connectivity index is 2.06. The van der Waals surface area contributed by atoms with Crippen LogP contribution in [0.25, 0.3) is 21.9 Å². The van der Waals surface area contributed by atoms with Gasteiger partial charge in [-0.25, -0.2) is 4.79 Å². The fourth-order valence-electron chi connectivity index (χ4n) is 2.90. The summed E-state index contributed by atoms with van der Waals surface area (Å²) < 4.78 is 11.3. The number of rotatable bonds is 7. The summed E-state index contributed by atoms with van der Waals surface area (Å²) in [5.41, 5.74) is 1.31. The first-order valence-corrected chi connectivity index (χ1v) is 11.3. The molecule has 1 heterocycles. The number of carbonyl (C=O) groups is 1. The van der Waals surface area contributed by atoms with Crippen molar-refractivity contribution in [2.24, 2.45) is 0 Å². The van der Waals surface area contributed by atoms with E-state index in [9.17, 15) is 9.59 Å². The molecule has 6 heteroatoms. The molecule has 0 fully saturated rings. The SMILES string of the molecule is CCCCCOC(=O)c1ccc2oc3c(SC)cc(SC)cc3c(=O)c2c1. The molecule has 27 heavy (non-hydrogen) atoms. The first-order valence-electron chi connectivity index (χ1n) is 8.88. The minimum absolute atomic E-state index is 0.127. The second-order valence-corrected chi connectivity index (χ2v) is 7.92. The molecule has 0 aliphatic rings. The second kappa shape index (κ2) is 8.85. The summed E-state index contributed by atoms with van der Waals surface area (Å²) in [5, 5.41) is 0.933. The molecule has 0 unspecified atom stereocenters. The first kappa shape index (κ1) is 19.8. The van der Waals surface area contributed by atoms with Gasteiger partial charge in [0.15, 0.2) is 5.58 Å². The quantitative estimate of drug-likeness (QED) is 0.217. The summed E-state index contributed by atoms with van der Waals surface area (Å²) in [7, 11) is 0. The summed E-state index contributed by atoms with van der Waals surface area (Å²) in [6, 6.07) is 8.77. The largest absolute Gasteiger partial charge is 0.462 e. The van der Waals surface area contributed by atoms with E-state index in [0.717, 1.165) is 29.1 Å². The molecule has 3 rings (SSSR count). The standard InChI is InChI=1S/C21H22O4S2/c1-4-5-6-9-24-21(23)13-7-8-17-15(10-13)19(22)16-11-14(26-2)12-18(27-3)20(16)25-17/h7-8,10-12H,4-6,9H2,1-3H3. The monoisotopic (exact) mass is 402 g/mol. The van der Waals surface area contributed by atoms with Gasteiger partial charge in [0.25, 0.3) is 0 Å². The normalized spacial score (nSPS) is 11.2. The molecule has 0 aliphatic carbocycles. The van der Waals surface area contributed by atoms with E-state index in [1.54, 1.807) is 41.7 Å². The average Bonchev–Trinajstić information content (AvgIpc) is 2.70. The minimum Gasteiger partial charge on any atom is -0.462 e. The number of thioether (sulfide) groups is 2. The maximum atomic E-state index is 13.1. The topological polar surface area (TPSA) is 56.5 Å². The molecule has 0 saturated heterocycles. The Kier molecular flexibility index (Phi) is 6.50. The van der Waals surface area contributed by atoms with E-state index < -0.39 is 5.97 Å². The van der Waals surface area contributed by atoms with E-state index in [1.165, 1.54) is 0 Å². The van der Waals surface area contributed by atoms with E-state index in [2.05, 4.69) is 6.92 Å². The number of unbranched alkanes of at least 4 members (excludes halogenated alkanes) is 2. The summed E-state index contributed by atoms with van der Waals surface area (Å²) in [4.78, 5) is 27.3. The third kappa shape index (κ3) is 4.17. The molecule has 0 bridgehead atoms. The van der Waals surface area contributed by atoms with Crippen LogP contribution in [0.1, 0.15) is 36.5 Å². The Labute approximate surface area is 166 Å². The van der Waals surface area contributed by atoms with Crippen LogP contribution in [0, 0.1) is 0 Å². The smallest absolute Gasteiger partial charge is 0.338 e. The highest BCUT2D eigenvalue weighted by molar-refractivity contribution is 7.99. The van der Waals surface area contributed by atoms with Gasteiger partial charge in [-0.15, -0.1) is 23.5 Å². The predicted octanol–water partition coefficient (Wildman–Crippen LogP) is 5.74. The van der Waals surface area contributed by atoms with Crippen LogP contribution >= 0.6 is 23.5 Å². The lowest BCUT2D eigenvalue weighted by molar-refractivity contribution is 0.0498. The number of hydrogen-bond acceptors (Lipinski definition) is 6. The number of ether oxygens (including phenoxy) is 1. The van der Waals surface area contributed by atoms with Gasteiger partial charge in [0.1, 0.15) is 5.58 Å². The van der Waals surface area contributed by atoms with Gasteiger partial charge in [0.05, 0.1) is 27.8 Å². The van der Waals surface area contributed by atoms with Crippen LogP contribution in [0.4, 0.5) is 0 Å². The average molecular weight is 403 g/mol. The second-order valence-electron chi connectivity index (χ2n) is 6.19. The summed E-state index contributed by atoms with van der Waals surface area (Å²) >= 11 is 3.13. The number of carbonyl (C=O) groups excluding carboxylic acids is 1. The van der Waals surface area contributed by atoms with Crippen LogP contribution in [0.5, 0.6) is 0 Å². The lowest BCUT2D eigenvalue weighted by atomic mass is 10.1. The van der Waals surface area contributed by atoms with Gasteiger partial charge >= 0.3 is 5.97 Å². The molecule has 0 radical (unpaired) electrons. The maximum Gasteiger partial charge on any atom is 0.338 e. The Morgan fingerprint density at radius 1 is 1.07 bits per heavy atom. The highest BCUT2D eigenvalue weighted by atomic mass is 32.2. The summed E-state index contributed by atoms with van der Waals surface area (Å²) in [6.45, 7) is 2.49. The van der Waals surface area contributed by atoms with Crippen molar-refractivity contribution in [3.63, 3.8) is 0 Å². The molecule has 2 aromatic carbocycles. The molecule has 0 atom stereocenters. The molecule has 3 aromatic rings. The van der Waals surface area contributed by atoms with Crippen molar-refractivity contribution in [3.05, 3.63) is 46.1 Å². The Morgan fingerprint density at radius 3 is 2.59 bits per heavy atom. The molecular formula is C21H22O4S2. The van der Waals surface area contributed by atoms with E-state index >= 15 is 0 Å². The van der Waals surface area contributed by atoms with E-state index in [4.69, 9.17) is 9.15 Å². The fraction of sp³-hybridized carbons (Fsp3) is 0.333. The highest BCUT2D eigenvalue weighted by Crippen LogP contribution is 2.32. The van der Waals surface area contributed by atoms with Crippen molar-refractivity contribution in [2.75, 3.05) is 19.1 Å². The third-order valence-electron chi connectivity index (χ3n) is 4.38. The van der Waals surface area contributed by atoms with Crippen LogP contribution in [0.2, 0.25) is 0 Å². The zero-order valence-electron chi connectivity index (χ0n) is 15.7. The molecular weight excluding hydrogens is 380 g/mol. The lowest BCUT2D eigenvalue weighted by Crippen LogP contribution is -2.09. The first-order chi connectivity index (χ1) is 13.1. The molecule has 0 aliphatic heterocycles. The van der Waals surface area contributed by atoms with Gasteiger partial charge in [0, 0.05) is 4.90 Å². The van der Waals surface area contributed by atoms with Crippen molar-refractivity contribution in [3.8, 4) is 0 Å². The predicted molar refractivity (Wildman–Crippen MR) is 113 cm³/mol. The van der Waals surface area contributed by atoms with Crippen LogP contribution in [-0.4, -0.2) is 25.1 Å². The molecule has 0 amide bonds. The van der Waals surface area contributed by atoms with Gasteiger partial charge in [-0.1, -0.05) is 19.8 Å². The molecule has 0 N–H and O–H groups in total. The van der Waals surface area contributed by atoms with E-state index in [1.807, 2.05) is 24.6 Å². The zero-order chi connectivity index (χ0) is 19.4. The van der Waals surface area contributed by atoms with Crippen molar-refractivity contribution in [1.29, 1.82) is 0 Å². The number of fused-ring (bicyclic) bond motifs is 2. The molecule has 0 spiro atoms. The van der Waals surface area contributed by atoms with Gasteiger partial charge in [-0.3, -0.25) is 4.79 Å². The Bertz CT molecular complexity index is 1040. The highest BCUT2D eigenvalue weighted by Gasteiger charge is 2.15. The van der Waals surface area contributed by atoms with Crippen LogP contribution < -0.4 is 5.43 Å². The third-order valence-corrected chi connectivity index (χ3v) is 5.83. The summed E-state index contributed by atoms with van der Waals surface area (Å²) in [6.07, 6.45) is 6.87. The Hall–Kier alpha value is -1.92. The van der Waals surface area contributed by atoms with E-state index in [0.29, 0.717) is 34.1 Å². The van der Waals surface area contributed by atoms with Crippen molar-refractivity contribution < 1.29 is 13.9 Å². The van der Waals surface area contributed by atoms with Crippen molar-refractivity contribution in [2.45, 2.75) is 36.0 Å². The minimum atomic E-state index is -0.407. The van der Waals surface area contributed by atoms with Gasteiger partial charge in [-0.05, 0) is 49.3 Å². The Morgan fingerprint density at radius 2 is 1.89 bits per heavy atom. The van der Waals surface area contributed by atoms with Gasteiger partial charge in [-0.2, -0.15) is 0 Å². The number of benzene rings is 2. The van der Waals surface area contributed by atoms with Crippen molar-refractivity contribution >= 4 is 51.4 Å². The van der Waals surface area contributed by atoms with Gasteiger partial charge < -0.3 is 9.15 Å². The summed E-state index contributed by atoms with van der Waals surface area (Å²) in [5.74, 6) is -0.407. The zero-order valence-corrected chi connectivity index (χ0v) is 17.3. The lowest BCUT2D eigenvalue weighted by Gasteiger charge is -2.09. The molecule has 0 saturated carbocycles. The van der Waals surface area contributed by atoms with E-state index in [-0.39, 0.29) is 5.43 Å². The number of esters is 1. The number of hydrogen-bond donors (Lipinski definition) is 0. The maximum absolute atomic E-state index is 13.1. The van der Waals surface area contributed by atoms with Crippen molar-refractivity contribution in [1.82, 2.24) is 0 Å². The molecule has 142 valence electrons. The fourth-order valence-corrected chi connectivity index (χ4v) is 4.03.